The maximum Gasteiger partial charge on any atom is 0.272 e. The first-order valence-corrected chi connectivity index (χ1v) is 12.3. The highest BCUT2D eigenvalue weighted by Crippen LogP contribution is 2.28. The minimum atomic E-state index is -1.40. The number of halogens is 1. The lowest BCUT2D eigenvalue weighted by Crippen LogP contribution is -2.29. The van der Waals surface area contributed by atoms with Gasteiger partial charge in [-0.2, -0.15) is 5.10 Å². The van der Waals surface area contributed by atoms with Gasteiger partial charge in [0.25, 0.3) is 5.91 Å². The number of aliphatic hydroxyl groups is 2. The molecule has 9 nitrogen and oxygen atoms in total. The fraction of sp³-hybridized carbons (Fsp3) is 0.357. The van der Waals surface area contributed by atoms with E-state index >= 15 is 0 Å². The predicted octanol–water partition coefficient (Wildman–Crippen LogP) is 2.80. The van der Waals surface area contributed by atoms with E-state index in [-0.39, 0.29) is 37.4 Å². The molecule has 3 aromatic rings. The zero-order chi connectivity index (χ0) is 27.8. The highest BCUT2D eigenvalue weighted by Gasteiger charge is 2.26. The number of hydrogen-bond donors (Lipinski definition) is 3. The Morgan fingerprint density at radius 1 is 1.16 bits per heavy atom. The molecule has 1 amide bonds. The van der Waals surface area contributed by atoms with Crippen molar-refractivity contribution < 1.29 is 29.3 Å². The number of carbonyl (C=O) groups is 2. The summed E-state index contributed by atoms with van der Waals surface area (Å²) in [5, 5.41) is 38.4. The first kappa shape index (κ1) is 28.5. The number of aliphatic hydroxyl groups excluding tert-OH is 2. The van der Waals surface area contributed by atoms with E-state index in [1.54, 1.807) is 28.9 Å². The average molecular weight is 522 g/mol. The van der Waals surface area contributed by atoms with Crippen molar-refractivity contribution in [1.82, 2.24) is 15.1 Å². The number of aliphatic carboxylic acids is 1. The number of carboxylic acids is 1. The van der Waals surface area contributed by atoms with Crippen molar-refractivity contribution >= 4 is 17.6 Å². The van der Waals surface area contributed by atoms with Crippen molar-refractivity contribution in [3.63, 3.8) is 0 Å². The summed E-state index contributed by atoms with van der Waals surface area (Å²) in [6.45, 7) is 11.2. The lowest BCUT2D eigenvalue weighted by molar-refractivity contribution is -0.307. The molecule has 2 aromatic carbocycles. The Kier molecular flexibility index (Phi) is 9.71. The van der Waals surface area contributed by atoms with Crippen molar-refractivity contribution in [3.8, 4) is 5.69 Å². The van der Waals surface area contributed by atoms with Crippen LogP contribution in [0.3, 0.4) is 0 Å². The third kappa shape index (κ3) is 7.47. The third-order valence-electron chi connectivity index (χ3n) is 6.04. The lowest BCUT2D eigenvalue weighted by atomic mass is 9.95. The molecule has 3 N–H and O–H groups in total. The van der Waals surface area contributed by atoms with Gasteiger partial charge in [-0.1, -0.05) is 38.1 Å². The number of benzene rings is 2. The Bertz CT molecular complexity index is 1310. The minimum absolute atomic E-state index is 0.133. The molecule has 0 radical (unpaired) electrons. The topological polar surface area (TPSA) is 132 Å². The highest BCUT2D eigenvalue weighted by molar-refractivity contribution is 5.94. The summed E-state index contributed by atoms with van der Waals surface area (Å²) in [5.41, 5.74) is 3.23. The molecule has 10 heteroatoms. The number of carbonyl (C=O) groups excluding carboxylic acids is 2. The number of amides is 1. The first-order chi connectivity index (χ1) is 18.1. The van der Waals surface area contributed by atoms with Crippen molar-refractivity contribution in [2.75, 3.05) is 0 Å². The molecule has 0 fully saturated rings. The van der Waals surface area contributed by atoms with Gasteiger partial charge in [0.15, 0.2) is 11.4 Å². The maximum atomic E-state index is 13.6. The summed E-state index contributed by atoms with van der Waals surface area (Å²) in [7, 11) is 0. The minimum Gasteiger partial charge on any atom is -0.550 e. The number of nitrogens with one attached hydrogen (secondary N) is 1. The van der Waals surface area contributed by atoms with Gasteiger partial charge >= 0.3 is 0 Å². The van der Waals surface area contributed by atoms with Crippen molar-refractivity contribution in [1.29, 1.82) is 0 Å². The zero-order valence-electron chi connectivity index (χ0n) is 21.2. The van der Waals surface area contributed by atoms with Crippen molar-refractivity contribution in [2.24, 2.45) is 0 Å². The average Bonchev–Trinajstić information content (AvgIpc) is 3.26. The van der Waals surface area contributed by atoms with Gasteiger partial charge in [-0.15, -0.1) is 0 Å². The molecule has 0 saturated heterocycles. The van der Waals surface area contributed by atoms with E-state index in [2.05, 4.69) is 15.3 Å². The van der Waals surface area contributed by atoms with Gasteiger partial charge in [-0.3, -0.25) is 4.79 Å². The first-order valence-electron chi connectivity index (χ1n) is 12.3. The second-order valence-electron chi connectivity index (χ2n) is 9.37. The van der Waals surface area contributed by atoms with E-state index in [1.165, 1.54) is 24.3 Å². The van der Waals surface area contributed by atoms with Crippen LogP contribution in [0.15, 0.2) is 48.5 Å². The zero-order valence-corrected chi connectivity index (χ0v) is 21.2. The van der Waals surface area contributed by atoms with Gasteiger partial charge < -0.3 is 25.4 Å². The highest BCUT2D eigenvalue weighted by atomic mass is 19.1. The van der Waals surface area contributed by atoms with Crippen LogP contribution in [0.1, 0.15) is 66.3 Å². The Hall–Kier alpha value is -4.07. The summed E-state index contributed by atoms with van der Waals surface area (Å²) in [4.78, 5) is 27.4. The van der Waals surface area contributed by atoms with Crippen molar-refractivity contribution in [2.45, 2.75) is 64.2 Å². The molecule has 0 aliphatic carbocycles. The number of aromatic nitrogens is 2. The number of carboxylic acid groups (broad SMARTS) is 1. The van der Waals surface area contributed by atoms with Crippen LogP contribution in [-0.2, 0) is 17.8 Å². The van der Waals surface area contributed by atoms with Crippen LogP contribution in [0.25, 0.3) is 10.5 Å². The molecule has 0 aliphatic heterocycles. The summed E-state index contributed by atoms with van der Waals surface area (Å²) in [6.07, 6.45) is -2.55. The number of nitrogens with zero attached hydrogens (tertiary/aromatic N) is 3. The van der Waals surface area contributed by atoms with E-state index in [0.29, 0.717) is 22.6 Å². The fourth-order valence-corrected chi connectivity index (χ4v) is 4.29. The Morgan fingerprint density at radius 2 is 1.87 bits per heavy atom. The number of hydrogen-bond acceptors (Lipinski definition) is 6. The molecule has 0 unspecified atom stereocenters. The van der Waals surface area contributed by atoms with Gasteiger partial charge in [-0.25, -0.2) is 13.9 Å². The van der Waals surface area contributed by atoms with E-state index in [1.807, 2.05) is 13.8 Å². The van der Waals surface area contributed by atoms with Crippen LogP contribution in [0.2, 0.25) is 0 Å². The van der Waals surface area contributed by atoms with Crippen LogP contribution in [0, 0.1) is 12.4 Å². The Balaban J connectivity index is 1.91. The Morgan fingerprint density at radius 3 is 2.50 bits per heavy atom. The van der Waals surface area contributed by atoms with E-state index in [0.717, 1.165) is 5.56 Å². The molecule has 0 saturated carbocycles. The standard InChI is InChI=1S/C28H31FN4O5/c1-17(2)26-24(12-11-22(34)14-23(35)15-25(36)37)33(21-9-7-19(29)8-10-21)32-27(26)28(38)31-16-18-5-4-6-20(13-18)30-3/h4-10,13,17,22-23,34-35H,11-12,14-16H2,1-2H3,(H,31,38)(H,36,37)/p-1/t22-,23-/m1/s1. The SMILES string of the molecule is [C-]#[N+]c1cccc(CNC(=O)c2nn(-c3ccc(F)cc3)c(CC[C@@H](O)C[C@@H](O)CC(=O)[O-])c2C(C)C)c1. The molecule has 2 atom stereocenters. The van der Waals surface area contributed by atoms with Crippen LogP contribution in [0.5, 0.6) is 0 Å². The van der Waals surface area contributed by atoms with Crippen molar-refractivity contribution in [3.05, 3.63) is 88.3 Å². The van der Waals surface area contributed by atoms with Crippen LogP contribution in [-0.4, -0.2) is 44.1 Å². The predicted molar refractivity (Wildman–Crippen MR) is 136 cm³/mol. The summed E-state index contributed by atoms with van der Waals surface area (Å²) in [6, 6.07) is 12.5. The summed E-state index contributed by atoms with van der Waals surface area (Å²) < 4.78 is 15.2. The third-order valence-corrected chi connectivity index (χ3v) is 6.04. The molecular formula is C28H30FN4O5-. The normalized spacial score (nSPS) is 12.7. The van der Waals surface area contributed by atoms with Gasteiger partial charge in [-0.05, 0) is 55.0 Å². The van der Waals surface area contributed by atoms with Gasteiger partial charge in [0.1, 0.15) is 5.82 Å². The second kappa shape index (κ2) is 12.9. The van der Waals surface area contributed by atoms with Crippen LogP contribution >= 0.6 is 0 Å². The molecule has 0 bridgehead atoms. The molecule has 3 rings (SSSR count). The molecule has 0 aliphatic rings. The maximum absolute atomic E-state index is 13.6. The molecular weight excluding hydrogens is 491 g/mol. The molecule has 1 heterocycles. The monoisotopic (exact) mass is 521 g/mol. The summed E-state index contributed by atoms with van der Waals surface area (Å²) >= 11 is 0. The largest absolute Gasteiger partial charge is 0.550 e. The number of rotatable bonds is 12. The molecule has 38 heavy (non-hydrogen) atoms. The summed E-state index contributed by atoms with van der Waals surface area (Å²) in [5.74, 6) is -2.39. The smallest absolute Gasteiger partial charge is 0.272 e. The lowest BCUT2D eigenvalue weighted by Gasteiger charge is -2.17. The second-order valence-corrected chi connectivity index (χ2v) is 9.37. The van der Waals surface area contributed by atoms with E-state index in [4.69, 9.17) is 6.57 Å². The fourth-order valence-electron chi connectivity index (χ4n) is 4.29. The van der Waals surface area contributed by atoms with Gasteiger partial charge in [0.05, 0.1) is 24.5 Å². The quantitative estimate of drug-likeness (QED) is 0.314. The van der Waals surface area contributed by atoms with Gasteiger partial charge in [0.2, 0.25) is 0 Å². The molecule has 200 valence electrons. The molecule has 0 spiro atoms. The van der Waals surface area contributed by atoms with E-state index < -0.39 is 36.3 Å². The Labute approximate surface area is 220 Å². The van der Waals surface area contributed by atoms with E-state index in [9.17, 15) is 29.3 Å². The van der Waals surface area contributed by atoms with Gasteiger partial charge in [0, 0.05) is 30.2 Å². The molecule has 1 aromatic heterocycles. The van der Waals surface area contributed by atoms with Crippen LogP contribution < -0.4 is 10.4 Å². The van der Waals surface area contributed by atoms with Crippen LogP contribution in [0.4, 0.5) is 10.1 Å².